The van der Waals surface area contributed by atoms with Gasteiger partial charge in [0, 0.05) is 26.6 Å². The normalized spacial score (nSPS) is 17.5. The van der Waals surface area contributed by atoms with Gasteiger partial charge in [-0.05, 0) is 6.42 Å². The van der Waals surface area contributed by atoms with E-state index in [9.17, 15) is 4.79 Å². The Morgan fingerprint density at radius 3 is 3.13 bits per heavy atom. The third-order valence-corrected chi connectivity index (χ3v) is 3.49. The van der Waals surface area contributed by atoms with E-state index < -0.39 is 0 Å². The molecule has 0 bridgehead atoms. The summed E-state index contributed by atoms with van der Waals surface area (Å²) in [5.41, 5.74) is 0. The van der Waals surface area contributed by atoms with Gasteiger partial charge in [-0.2, -0.15) is 0 Å². The van der Waals surface area contributed by atoms with Gasteiger partial charge in [0.2, 0.25) is 0 Å². The van der Waals surface area contributed by atoms with Crippen molar-refractivity contribution in [3.8, 4) is 0 Å². The van der Waals surface area contributed by atoms with Gasteiger partial charge in [0.25, 0.3) is 0 Å². The van der Waals surface area contributed by atoms with Crippen molar-refractivity contribution in [3.05, 3.63) is 11.1 Å². The second-order valence-corrected chi connectivity index (χ2v) is 4.53. The third kappa shape index (κ3) is 2.54. The quantitative estimate of drug-likeness (QED) is 0.718. The molecule has 1 saturated heterocycles. The van der Waals surface area contributed by atoms with Crippen molar-refractivity contribution in [1.29, 1.82) is 0 Å². The highest BCUT2D eigenvalue weighted by molar-refractivity contribution is 7.17. The van der Waals surface area contributed by atoms with E-state index in [1.54, 1.807) is 13.1 Å². The first-order chi connectivity index (χ1) is 7.27. The number of Topliss-reactive ketones (excluding diaryl/α,β-unsaturated/α-hetero) is 1. The van der Waals surface area contributed by atoms with Crippen molar-refractivity contribution >= 4 is 22.3 Å². The van der Waals surface area contributed by atoms with E-state index in [2.05, 4.69) is 9.88 Å². The number of anilines is 1. The Hall–Kier alpha value is -0.940. The molecule has 4 nitrogen and oxygen atoms in total. The molecule has 15 heavy (non-hydrogen) atoms. The monoisotopic (exact) mass is 226 g/mol. The summed E-state index contributed by atoms with van der Waals surface area (Å²) in [6.45, 7) is 4.97. The van der Waals surface area contributed by atoms with Crippen molar-refractivity contribution < 1.29 is 9.53 Å². The molecule has 0 N–H and O–H groups in total. The van der Waals surface area contributed by atoms with Gasteiger partial charge in [-0.15, -0.1) is 0 Å². The van der Waals surface area contributed by atoms with Crippen LogP contribution in [0.25, 0.3) is 0 Å². The highest BCUT2D eigenvalue weighted by atomic mass is 32.1. The molecule has 5 heteroatoms. The van der Waals surface area contributed by atoms with Gasteiger partial charge < -0.3 is 9.64 Å². The molecule has 0 atom stereocenters. The van der Waals surface area contributed by atoms with Gasteiger partial charge >= 0.3 is 0 Å². The average Bonchev–Trinajstić information content (AvgIpc) is 2.55. The van der Waals surface area contributed by atoms with Gasteiger partial charge in [-0.3, -0.25) is 4.79 Å². The SMILES string of the molecule is CC(=O)c1cnc(N2CCCOCC2)s1. The van der Waals surface area contributed by atoms with Crippen LogP contribution in [0.1, 0.15) is 23.0 Å². The lowest BCUT2D eigenvalue weighted by atomic mass is 10.4. The number of hydrogen-bond donors (Lipinski definition) is 0. The first-order valence-corrected chi connectivity index (χ1v) is 5.88. The van der Waals surface area contributed by atoms with Crippen LogP contribution in [0.4, 0.5) is 5.13 Å². The lowest BCUT2D eigenvalue weighted by Crippen LogP contribution is -2.25. The Labute approximate surface area is 92.9 Å². The molecular formula is C10H14N2O2S. The zero-order valence-electron chi connectivity index (χ0n) is 8.73. The van der Waals surface area contributed by atoms with Crippen LogP contribution in [0.5, 0.6) is 0 Å². The van der Waals surface area contributed by atoms with Crippen LogP contribution in [-0.4, -0.2) is 37.1 Å². The molecule has 0 saturated carbocycles. The van der Waals surface area contributed by atoms with Gasteiger partial charge in [-0.1, -0.05) is 11.3 Å². The maximum absolute atomic E-state index is 11.1. The van der Waals surface area contributed by atoms with Crippen molar-refractivity contribution in [1.82, 2.24) is 4.98 Å². The van der Waals surface area contributed by atoms with Crippen LogP contribution >= 0.6 is 11.3 Å². The summed E-state index contributed by atoms with van der Waals surface area (Å²) < 4.78 is 5.37. The summed E-state index contributed by atoms with van der Waals surface area (Å²) in [7, 11) is 0. The molecule has 0 amide bonds. The predicted molar refractivity (Wildman–Crippen MR) is 59.8 cm³/mol. The maximum atomic E-state index is 11.1. The smallest absolute Gasteiger partial charge is 0.186 e. The Kier molecular flexibility index (Phi) is 3.33. The Balaban J connectivity index is 2.10. The molecule has 1 fully saturated rings. The zero-order chi connectivity index (χ0) is 10.7. The van der Waals surface area contributed by atoms with Crippen LogP contribution in [0, 0.1) is 0 Å². The van der Waals surface area contributed by atoms with Crippen LogP contribution in [0.2, 0.25) is 0 Å². The van der Waals surface area contributed by atoms with E-state index in [1.807, 2.05) is 0 Å². The second-order valence-electron chi connectivity index (χ2n) is 3.52. The Morgan fingerprint density at radius 2 is 2.40 bits per heavy atom. The largest absolute Gasteiger partial charge is 0.380 e. The maximum Gasteiger partial charge on any atom is 0.186 e. The Morgan fingerprint density at radius 1 is 1.53 bits per heavy atom. The van der Waals surface area contributed by atoms with E-state index >= 15 is 0 Å². The van der Waals surface area contributed by atoms with Crippen molar-refractivity contribution in [2.75, 3.05) is 31.2 Å². The fourth-order valence-corrected chi connectivity index (χ4v) is 2.37. The van der Waals surface area contributed by atoms with Crippen LogP contribution in [0.15, 0.2) is 6.20 Å². The lowest BCUT2D eigenvalue weighted by Gasteiger charge is -2.17. The van der Waals surface area contributed by atoms with Gasteiger partial charge in [0.05, 0.1) is 17.7 Å². The van der Waals surface area contributed by atoms with Crippen molar-refractivity contribution in [3.63, 3.8) is 0 Å². The lowest BCUT2D eigenvalue weighted by molar-refractivity contribution is 0.102. The number of nitrogens with zero attached hydrogens (tertiary/aromatic N) is 2. The van der Waals surface area contributed by atoms with Gasteiger partial charge in [-0.25, -0.2) is 4.98 Å². The molecule has 1 aliphatic rings. The van der Waals surface area contributed by atoms with E-state index in [4.69, 9.17) is 4.74 Å². The molecule has 2 rings (SSSR count). The standard InChI is InChI=1S/C10H14N2O2S/c1-8(13)9-7-11-10(15-9)12-3-2-5-14-6-4-12/h7H,2-6H2,1H3. The molecule has 82 valence electrons. The summed E-state index contributed by atoms with van der Waals surface area (Å²) in [6, 6.07) is 0. The number of ketones is 1. The molecule has 2 heterocycles. The highest BCUT2D eigenvalue weighted by Crippen LogP contribution is 2.23. The third-order valence-electron chi connectivity index (χ3n) is 2.33. The molecule has 0 aromatic carbocycles. The minimum atomic E-state index is 0.0878. The number of carbonyl (C=O) groups is 1. The van der Waals surface area contributed by atoms with Gasteiger partial charge in [0.15, 0.2) is 10.9 Å². The van der Waals surface area contributed by atoms with Gasteiger partial charge in [0.1, 0.15) is 0 Å². The number of ether oxygens (including phenoxy) is 1. The molecule has 0 aliphatic carbocycles. The average molecular weight is 226 g/mol. The number of rotatable bonds is 2. The fraction of sp³-hybridized carbons (Fsp3) is 0.600. The predicted octanol–water partition coefficient (Wildman–Crippen LogP) is 1.57. The Bertz CT molecular complexity index is 343. The number of aromatic nitrogens is 1. The first-order valence-electron chi connectivity index (χ1n) is 5.07. The first kappa shape index (κ1) is 10.6. The molecule has 0 radical (unpaired) electrons. The van der Waals surface area contributed by atoms with Crippen LogP contribution < -0.4 is 4.90 Å². The summed E-state index contributed by atoms with van der Waals surface area (Å²) in [6.07, 6.45) is 2.68. The minimum Gasteiger partial charge on any atom is -0.380 e. The topological polar surface area (TPSA) is 42.4 Å². The highest BCUT2D eigenvalue weighted by Gasteiger charge is 2.14. The molecular weight excluding hydrogens is 212 g/mol. The number of hydrogen-bond acceptors (Lipinski definition) is 5. The summed E-state index contributed by atoms with van der Waals surface area (Å²) in [5.74, 6) is 0.0878. The van der Waals surface area contributed by atoms with Crippen LogP contribution in [-0.2, 0) is 4.74 Å². The van der Waals surface area contributed by atoms with E-state index in [0.29, 0.717) is 0 Å². The summed E-state index contributed by atoms with van der Waals surface area (Å²) >= 11 is 1.47. The molecule has 1 aromatic rings. The fourth-order valence-electron chi connectivity index (χ4n) is 1.51. The molecule has 1 aliphatic heterocycles. The summed E-state index contributed by atoms with van der Waals surface area (Å²) in [4.78, 5) is 18.3. The molecule has 0 unspecified atom stereocenters. The summed E-state index contributed by atoms with van der Waals surface area (Å²) in [5, 5.41) is 0.936. The van der Waals surface area contributed by atoms with E-state index in [0.717, 1.165) is 42.7 Å². The van der Waals surface area contributed by atoms with E-state index in [-0.39, 0.29) is 5.78 Å². The van der Waals surface area contributed by atoms with Crippen molar-refractivity contribution in [2.24, 2.45) is 0 Å². The van der Waals surface area contributed by atoms with Crippen LogP contribution in [0.3, 0.4) is 0 Å². The number of thiazole rings is 1. The minimum absolute atomic E-state index is 0.0878. The second kappa shape index (κ2) is 4.72. The molecule has 1 aromatic heterocycles. The number of carbonyl (C=O) groups excluding carboxylic acids is 1. The molecule has 0 spiro atoms. The van der Waals surface area contributed by atoms with Crippen molar-refractivity contribution in [2.45, 2.75) is 13.3 Å². The van der Waals surface area contributed by atoms with E-state index in [1.165, 1.54) is 11.3 Å². The zero-order valence-corrected chi connectivity index (χ0v) is 9.55.